The van der Waals surface area contributed by atoms with Crippen molar-refractivity contribution in [3.05, 3.63) is 27.0 Å². The van der Waals surface area contributed by atoms with Gasteiger partial charge in [0.15, 0.2) is 0 Å². The number of carbonyl (C=O) groups excluding carboxylic acids is 1. The summed E-state index contributed by atoms with van der Waals surface area (Å²) in [7, 11) is 0. The van der Waals surface area contributed by atoms with E-state index in [0.29, 0.717) is 12.5 Å². The molecule has 2 aromatic heterocycles. The van der Waals surface area contributed by atoms with Gasteiger partial charge in [0.25, 0.3) is 0 Å². The molecule has 9 heteroatoms. The van der Waals surface area contributed by atoms with E-state index >= 15 is 0 Å². The summed E-state index contributed by atoms with van der Waals surface area (Å²) in [6, 6.07) is 2.43. The molecule has 3 heterocycles. The second-order valence-electron chi connectivity index (χ2n) is 5.14. The van der Waals surface area contributed by atoms with Crippen LogP contribution in [-0.2, 0) is 11.2 Å². The summed E-state index contributed by atoms with van der Waals surface area (Å²) in [6.07, 6.45) is 0.399. The maximum absolute atomic E-state index is 12.3. The molecule has 128 valence electrons. The number of nitrogens with zero attached hydrogens (tertiary/aromatic N) is 2. The third-order valence-corrected chi connectivity index (χ3v) is 6.14. The largest absolute Gasteiger partial charge is 0.340 e. The van der Waals surface area contributed by atoms with Crippen molar-refractivity contribution < 1.29 is 4.79 Å². The molecule has 0 aromatic carbocycles. The molecule has 1 aliphatic heterocycles. The molecular formula is C14H18BrCl2N3OS2. The monoisotopic (exact) mass is 457 g/mol. The lowest BCUT2D eigenvalue weighted by molar-refractivity contribution is -0.131. The van der Waals surface area contributed by atoms with Crippen LogP contribution < -0.4 is 5.32 Å². The Morgan fingerprint density at radius 1 is 1.43 bits per heavy atom. The maximum Gasteiger partial charge on any atom is 0.228 e. The Bertz CT molecular complexity index is 650. The zero-order valence-corrected chi connectivity index (χ0v) is 17.3. The number of amides is 1. The summed E-state index contributed by atoms with van der Waals surface area (Å²) in [5.74, 6) is 0.174. The molecule has 0 aliphatic carbocycles. The zero-order chi connectivity index (χ0) is 14.8. The van der Waals surface area contributed by atoms with Crippen LogP contribution in [0.25, 0.3) is 9.88 Å². The Balaban J connectivity index is 0.00000132. The van der Waals surface area contributed by atoms with Gasteiger partial charge in [0.1, 0.15) is 5.01 Å². The van der Waals surface area contributed by atoms with E-state index in [1.54, 1.807) is 22.7 Å². The molecule has 1 unspecified atom stereocenters. The molecule has 0 bridgehead atoms. The summed E-state index contributed by atoms with van der Waals surface area (Å²) in [5, 5.41) is 8.37. The quantitative estimate of drug-likeness (QED) is 0.759. The van der Waals surface area contributed by atoms with Gasteiger partial charge in [-0.1, -0.05) is 0 Å². The Labute approximate surface area is 164 Å². The average Bonchev–Trinajstić information content (AvgIpc) is 3.07. The summed E-state index contributed by atoms with van der Waals surface area (Å²) in [5.41, 5.74) is 0.871. The minimum atomic E-state index is 0. The van der Waals surface area contributed by atoms with Crippen LogP contribution in [0.5, 0.6) is 0 Å². The molecule has 3 rings (SSSR count). The van der Waals surface area contributed by atoms with E-state index in [9.17, 15) is 4.79 Å². The smallest absolute Gasteiger partial charge is 0.228 e. The van der Waals surface area contributed by atoms with Crippen LogP contribution in [0.4, 0.5) is 0 Å². The zero-order valence-electron chi connectivity index (χ0n) is 12.5. The second kappa shape index (κ2) is 9.34. The lowest BCUT2D eigenvalue weighted by atomic mass is 10.2. The third-order valence-electron chi connectivity index (χ3n) is 3.38. The fourth-order valence-corrected chi connectivity index (χ4v) is 4.68. The van der Waals surface area contributed by atoms with Gasteiger partial charge in [-0.15, -0.1) is 47.5 Å². The highest BCUT2D eigenvalue weighted by atomic mass is 79.9. The molecule has 1 fully saturated rings. The van der Waals surface area contributed by atoms with Gasteiger partial charge in [0.05, 0.1) is 17.0 Å². The van der Waals surface area contributed by atoms with Gasteiger partial charge in [0, 0.05) is 40.9 Å². The van der Waals surface area contributed by atoms with E-state index in [1.807, 2.05) is 15.7 Å². The number of hydrogen-bond acceptors (Lipinski definition) is 5. The van der Waals surface area contributed by atoms with Crippen molar-refractivity contribution in [1.82, 2.24) is 15.2 Å². The summed E-state index contributed by atoms with van der Waals surface area (Å²) >= 11 is 6.72. The van der Waals surface area contributed by atoms with Crippen LogP contribution in [-0.4, -0.2) is 41.5 Å². The molecular weight excluding hydrogens is 441 g/mol. The first-order chi connectivity index (χ1) is 10.1. The summed E-state index contributed by atoms with van der Waals surface area (Å²) in [4.78, 5) is 20.0. The fourth-order valence-electron chi connectivity index (χ4n) is 2.35. The predicted octanol–water partition coefficient (Wildman–Crippen LogP) is 3.84. The van der Waals surface area contributed by atoms with Gasteiger partial charge in [-0.05, 0) is 28.9 Å². The molecule has 2 aromatic rings. The molecule has 1 saturated heterocycles. The van der Waals surface area contributed by atoms with Crippen LogP contribution in [0.15, 0.2) is 21.3 Å². The number of rotatable bonds is 3. The number of piperazine rings is 1. The normalized spacial score (nSPS) is 17.3. The number of halogens is 3. The van der Waals surface area contributed by atoms with E-state index in [2.05, 4.69) is 39.2 Å². The van der Waals surface area contributed by atoms with E-state index in [-0.39, 0.29) is 30.7 Å². The van der Waals surface area contributed by atoms with Crippen molar-refractivity contribution in [2.75, 3.05) is 19.6 Å². The highest BCUT2D eigenvalue weighted by molar-refractivity contribution is 9.10. The SMILES string of the molecule is CC1CN(C(=O)Cc2csc(-c3cc(Br)cs3)n2)CCN1.Cl.Cl. The molecule has 23 heavy (non-hydrogen) atoms. The number of nitrogens with one attached hydrogen (secondary N) is 1. The third kappa shape index (κ3) is 5.41. The molecule has 0 saturated carbocycles. The van der Waals surface area contributed by atoms with Gasteiger partial charge in [-0.2, -0.15) is 0 Å². The van der Waals surface area contributed by atoms with Gasteiger partial charge in [0.2, 0.25) is 5.91 Å². The summed E-state index contributed by atoms with van der Waals surface area (Å²) < 4.78 is 1.07. The molecule has 0 spiro atoms. The molecule has 1 amide bonds. The van der Waals surface area contributed by atoms with Gasteiger partial charge in [-0.3, -0.25) is 4.79 Å². The van der Waals surface area contributed by atoms with Gasteiger partial charge in [-0.25, -0.2) is 4.98 Å². The molecule has 4 nitrogen and oxygen atoms in total. The van der Waals surface area contributed by atoms with Crippen molar-refractivity contribution >= 4 is 69.3 Å². The number of carbonyl (C=O) groups is 1. The van der Waals surface area contributed by atoms with Crippen molar-refractivity contribution in [2.24, 2.45) is 0 Å². The van der Waals surface area contributed by atoms with Crippen LogP contribution in [0.2, 0.25) is 0 Å². The molecule has 1 atom stereocenters. The number of aromatic nitrogens is 1. The van der Waals surface area contributed by atoms with E-state index in [1.165, 1.54) is 0 Å². The average molecular weight is 459 g/mol. The van der Waals surface area contributed by atoms with Crippen LogP contribution in [0.3, 0.4) is 0 Å². The Morgan fingerprint density at radius 3 is 2.87 bits per heavy atom. The van der Waals surface area contributed by atoms with Crippen molar-refractivity contribution in [3.8, 4) is 9.88 Å². The van der Waals surface area contributed by atoms with Crippen LogP contribution >= 0.6 is 63.4 Å². The van der Waals surface area contributed by atoms with Crippen LogP contribution in [0, 0.1) is 0 Å². The van der Waals surface area contributed by atoms with Crippen molar-refractivity contribution in [2.45, 2.75) is 19.4 Å². The standard InChI is InChI=1S/C14H16BrN3OS2.2ClH/c1-9-6-18(3-2-16-9)13(19)5-11-8-21-14(17-11)12-4-10(15)7-20-12;;/h4,7-9,16H,2-3,5-6H2,1H3;2*1H. The lowest BCUT2D eigenvalue weighted by Crippen LogP contribution is -2.51. The van der Waals surface area contributed by atoms with Gasteiger partial charge >= 0.3 is 0 Å². The first-order valence-corrected chi connectivity index (χ1v) is 9.37. The van der Waals surface area contributed by atoms with E-state index in [0.717, 1.165) is 39.7 Å². The summed E-state index contributed by atoms with van der Waals surface area (Å²) in [6.45, 7) is 4.55. The van der Waals surface area contributed by atoms with Crippen molar-refractivity contribution in [3.63, 3.8) is 0 Å². The first kappa shape index (κ1) is 20.9. The molecule has 1 N–H and O–H groups in total. The second-order valence-corrected chi connectivity index (χ2v) is 7.83. The Kier molecular flexibility index (Phi) is 8.47. The van der Waals surface area contributed by atoms with Gasteiger partial charge < -0.3 is 10.2 Å². The highest BCUT2D eigenvalue weighted by Crippen LogP contribution is 2.32. The number of hydrogen-bond donors (Lipinski definition) is 1. The number of thiophene rings is 1. The molecule has 0 radical (unpaired) electrons. The fraction of sp³-hybridized carbons (Fsp3) is 0.429. The van der Waals surface area contributed by atoms with Crippen LogP contribution in [0.1, 0.15) is 12.6 Å². The Hall–Kier alpha value is -0.180. The Morgan fingerprint density at radius 2 is 2.22 bits per heavy atom. The maximum atomic E-state index is 12.3. The predicted molar refractivity (Wildman–Crippen MR) is 105 cm³/mol. The number of thiazole rings is 1. The highest BCUT2D eigenvalue weighted by Gasteiger charge is 2.21. The van der Waals surface area contributed by atoms with Crippen molar-refractivity contribution in [1.29, 1.82) is 0 Å². The molecule has 1 aliphatic rings. The first-order valence-electron chi connectivity index (χ1n) is 6.82. The van der Waals surface area contributed by atoms with E-state index < -0.39 is 0 Å². The lowest BCUT2D eigenvalue weighted by Gasteiger charge is -2.31. The topological polar surface area (TPSA) is 45.2 Å². The minimum absolute atomic E-state index is 0. The van der Waals surface area contributed by atoms with E-state index in [4.69, 9.17) is 0 Å². The minimum Gasteiger partial charge on any atom is -0.340 e.